The zero-order chi connectivity index (χ0) is 14.7. The van der Waals surface area contributed by atoms with Crippen LogP contribution in [0.15, 0.2) is 28.2 Å². The summed E-state index contributed by atoms with van der Waals surface area (Å²) in [6, 6.07) is 0. The van der Waals surface area contributed by atoms with E-state index in [0.717, 1.165) is 44.8 Å². The molecule has 2 aromatic rings. The first-order chi connectivity index (χ1) is 10.2. The van der Waals surface area contributed by atoms with Crippen LogP contribution in [0.3, 0.4) is 0 Å². The third-order valence-corrected chi connectivity index (χ3v) is 4.01. The summed E-state index contributed by atoms with van der Waals surface area (Å²) < 4.78 is 6.48. The molecule has 3 rings (SSSR count). The smallest absolute Gasteiger partial charge is 0.256 e. The molecule has 7 nitrogen and oxygen atoms in total. The number of hydrogen-bond donors (Lipinski definition) is 0. The molecule has 112 valence electrons. The molecule has 0 bridgehead atoms. The molecule has 1 aliphatic heterocycles. The number of aromatic nitrogens is 4. The van der Waals surface area contributed by atoms with E-state index in [1.54, 1.807) is 24.0 Å². The highest BCUT2D eigenvalue weighted by atomic mass is 16.5. The van der Waals surface area contributed by atoms with Crippen LogP contribution < -0.4 is 5.56 Å². The maximum atomic E-state index is 12.0. The van der Waals surface area contributed by atoms with E-state index in [0.29, 0.717) is 11.5 Å². The van der Waals surface area contributed by atoms with Gasteiger partial charge in [-0.2, -0.15) is 4.98 Å². The summed E-state index contributed by atoms with van der Waals surface area (Å²) in [6.45, 7) is 5.28. The van der Waals surface area contributed by atoms with E-state index in [1.165, 1.54) is 6.39 Å². The molecule has 0 radical (unpaired) electrons. The van der Waals surface area contributed by atoms with E-state index < -0.39 is 0 Å². The third-order valence-electron chi connectivity index (χ3n) is 4.01. The minimum atomic E-state index is 0.0687. The Bertz CT molecular complexity index is 629. The highest BCUT2D eigenvalue weighted by Gasteiger charge is 2.21. The molecule has 0 N–H and O–H groups in total. The van der Waals surface area contributed by atoms with Crippen LogP contribution in [0.25, 0.3) is 0 Å². The number of nitrogens with zero attached hydrogens (tertiary/aromatic N) is 5. The van der Waals surface area contributed by atoms with Crippen LogP contribution in [-0.4, -0.2) is 37.7 Å². The summed E-state index contributed by atoms with van der Waals surface area (Å²) in [7, 11) is 0. The van der Waals surface area contributed by atoms with Crippen LogP contribution in [0, 0.1) is 12.8 Å². The lowest BCUT2D eigenvalue weighted by Gasteiger charge is -2.31. The van der Waals surface area contributed by atoms with Crippen molar-refractivity contribution in [1.82, 2.24) is 24.6 Å². The van der Waals surface area contributed by atoms with Gasteiger partial charge in [-0.1, -0.05) is 5.16 Å². The molecule has 0 amide bonds. The van der Waals surface area contributed by atoms with Crippen LogP contribution in [0.4, 0.5) is 0 Å². The molecule has 0 saturated carbocycles. The van der Waals surface area contributed by atoms with Crippen molar-refractivity contribution in [3.63, 3.8) is 0 Å². The fourth-order valence-electron chi connectivity index (χ4n) is 2.76. The first kappa shape index (κ1) is 13.9. The summed E-state index contributed by atoms with van der Waals surface area (Å²) >= 11 is 0. The second-order valence-corrected chi connectivity index (χ2v) is 5.60. The molecule has 7 heteroatoms. The van der Waals surface area contributed by atoms with Gasteiger partial charge in [0.1, 0.15) is 0 Å². The lowest BCUT2D eigenvalue weighted by Crippen LogP contribution is -2.36. The Morgan fingerprint density at radius 2 is 2.19 bits per heavy atom. The van der Waals surface area contributed by atoms with Crippen LogP contribution in [0.1, 0.15) is 24.2 Å². The van der Waals surface area contributed by atoms with Gasteiger partial charge >= 0.3 is 0 Å². The minimum Gasteiger partial charge on any atom is -0.343 e. The fraction of sp³-hybridized carbons (Fsp3) is 0.571. The first-order valence-electron chi connectivity index (χ1n) is 7.21. The van der Waals surface area contributed by atoms with E-state index >= 15 is 0 Å². The average molecular weight is 289 g/mol. The molecule has 0 unspecified atom stereocenters. The van der Waals surface area contributed by atoms with E-state index in [2.05, 4.69) is 20.0 Å². The molecular formula is C14H19N5O2. The second-order valence-electron chi connectivity index (χ2n) is 5.60. The summed E-state index contributed by atoms with van der Waals surface area (Å²) in [5.74, 6) is 1.25. The van der Waals surface area contributed by atoms with Crippen LogP contribution >= 0.6 is 0 Å². The van der Waals surface area contributed by atoms with Crippen molar-refractivity contribution < 1.29 is 4.52 Å². The Kier molecular flexibility index (Phi) is 4.10. The monoisotopic (exact) mass is 289 g/mol. The first-order valence-corrected chi connectivity index (χ1v) is 7.21. The predicted octanol–water partition coefficient (Wildman–Crippen LogP) is 0.847. The highest BCUT2D eigenvalue weighted by molar-refractivity contribution is 5.00. The molecule has 2 aromatic heterocycles. The van der Waals surface area contributed by atoms with E-state index in [9.17, 15) is 4.79 Å². The number of hydrogen-bond acceptors (Lipinski definition) is 6. The minimum absolute atomic E-state index is 0.0687. The summed E-state index contributed by atoms with van der Waals surface area (Å²) in [6.07, 6.45) is 6.75. The van der Waals surface area contributed by atoms with E-state index in [1.807, 2.05) is 0 Å². The quantitative estimate of drug-likeness (QED) is 0.830. The van der Waals surface area contributed by atoms with Gasteiger partial charge in [-0.3, -0.25) is 14.3 Å². The van der Waals surface area contributed by atoms with E-state index in [-0.39, 0.29) is 5.56 Å². The lowest BCUT2D eigenvalue weighted by molar-refractivity contribution is 0.161. The van der Waals surface area contributed by atoms with Crippen molar-refractivity contribution in [2.24, 2.45) is 5.92 Å². The van der Waals surface area contributed by atoms with Crippen molar-refractivity contribution >= 4 is 0 Å². The molecule has 1 aliphatic rings. The Labute approximate surface area is 122 Å². The summed E-state index contributed by atoms with van der Waals surface area (Å²) in [4.78, 5) is 22.5. The fourth-order valence-corrected chi connectivity index (χ4v) is 2.76. The largest absolute Gasteiger partial charge is 0.343 e. The standard InChI is InChI=1S/C14H19N5O2/c1-11-6-15-9-19(14(11)20)7-12-2-4-18(5-3-12)8-13-16-10-21-17-13/h6,9-10,12H,2-5,7-8H2,1H3. The lowest BCUT2D eigenvalue weighted by atomic mass is 9.96. The Hall–Kier alpha value is -2.02. The number of rotatable bonds is 4. The molecule has 1 fully saturated rings. The number of piperidine rings is 1. The van der Waals surface area contributed by atoms with Gasteiger partial charge in [0.2, 0.25) is 6.39 Å². The molecular weight excluding hydrogens is 270 g/mol. The van der Waals surface area contributed by atoms with Gasteiger partial charge in [-0.25, -0.2) is 4.98 Å². The van der Waals surface area contributed by atoms with Gasteiger partial charge in [-0.05, 0) is 38.8 Å². The Balaban J connectivity index is 1.54. The molecule has 0 aliphatic carbocycles. The van der Waals surface area contributed by atoms with Crippen molar-refractivity contribution in [3.8, 4) is 0 Å². The van der Waals surface area contributed by atoms with Gasteiger partial charge in [0.25, 0.3) is 5.56 Å². The van der Waals surface area contributed by atoms with Gasteiger partial charge in [0, 0.05) is 18.3 Å². The number of likely N-dealkylation sites (tertiary alicyclic amines) is 1. The topological polar surface area (TPSA) is 77.1 Å². The Morgan fingerprint density at radius 1 is 1.38 bits per heavy atom. The summed E-state index contributed by atoms with van der Waals surface area (Å²) in [5, 5.41) is 3.84. The van der Waals surface area contributed by atoms with Gasteiger partial charge in [-0.15, -0.1) is 0 Å². The molecule has 0 aromatic carbocycles. The molecule has 21 heavy (non-hydrogen) atoms. The molecule has 0 atom stereocenters. The zero-order valence-electron chi connectivity index (χ0n) is 12.1. The van der Waals surface area contributed by atoms with Gasteiger partial charge < -0.3 is 4.52 Å². The van der Waals surface area contributed by atoms with Gasteiger partial charge in [0.15, 0.2) is 5.82 Å². The van der Waals surface area contributed by atoms with Crippen LogP contribution in [0.2, 0.25) is 0 Å². The van der Waals surface area contributed by atoms with E-state index in [4.69, 9.17) is 4.52 Å². The zero-order valence-corrected chi connectivity index (χ0v) is 12.1. The van der Waals surface area contributed by atoms with Crippen molar-refractivity contribution in [3.05, 3.63) is 40.7 Å². The van der Waals surface area contributed by atoms with Crippen molar-refractivity contribution in [2.45, 2.75) is 32.9 Å². The highest BCUT2D eigenvalue weighted by Crippen LogP contribution is 2.19. The Morgan fingerprint density at radius 3 is 2.90 bits per heavy atom. The van der Waals surface area contributed by atoms with Crippen LogP contribution in [-0.2, 0) is 13.1 Å². The molecule has 0 spiro atoms. The van der Waals surface area contributed by atoms with Crippen molar-refractivity contribution in [2.75, 3.05) is 13.1 Å². The average Bonchev–Trinajstić information content (AvgIpc) is 2.99. The number of aryl methyl sites for hydroxylation is 1. The summed E-state index contributed by atoms with van der Waals surface area (Å²) in [5.41, 5.74) is 0.770. The second kappa shape index (κ2) is 6.17. The maximum Gasteiger partial charge on any atom is 0.256 e. The maximum absolute atomic E-state index is 12.0. The SMILES string of the molecule is Cc1cncn(CC2CCN(Cc3ncon3)CC2)c1=O. The predicted molar refractivity (Wildman–Crippen MR) is 75.5 cm³/mol. The third kappa shape index (κ3) is 3.36. The molecule has 1 saturated heterocycles. The van der Waals surface area contributed by atoms with Crippen LogP contribution in [0.5, 0.6) is 0 Å². The normalized spacial score (nSPS) is 17.2. The van der Waals surface area contributed by atoms with Gasteiger partial charge in [0.05, 0.1) is 12.9 Å². The molecule has 3 heterocycles. The van der Waals surface area contributed by atoms with Crippen molar-refractivity contribution in [1.29, 1.82) is 0 Å².